The van der Waals surface area contributed by atoms with Gasteiger partial charge in [0.25, 0.3) is 5.69 Å². The minimum Gasteiger partial charge on any atom is -0.465 e. The lowest BCUT2D eigenvalue weighted by Gasteiger charge is -2.18. The lowest BCUT2D eigenvalue weighted by molar-refractivity contribution is -0.384. The first-order valence-electron chi connectivity index (χ1n) is 5.72. The minimum absolute atomic E-state index is 0.0813. The number of nitrogens with zero attached hydrogens (tertiary/aromatic N) is 1. The van der Waals surface area contributed by atoms with Gasteiger partial charge in [-0.1, -0.05) is 6.08 Å². The maximum absolute atomic E-state index is 11.6. The van der Waals surface area contributed by atoms with Crippen molar-refractivity contribution in [2.45, 2.75) is 13.0 Å². The number of nitro benzene ring substituents is 1. The number of ether oxygens (including phenoxy) is 1. The van der Waals surface area contributed by atoms with Gasteiger partial charge in [0.2, 0.25) is 0 Å². The van der Waals surface area contributed by atoms with Crippen molar-refractivity contribution in [3.8, 4) is 0 Å². The molecule has 0 spiro atoms. The number of esters is 1. The SMILES string of the molecule is C=C[C@H](C(=O)OCC)[C@H](O)c1ccc([N+](=O)[O-])cc1. The van der Waals surface area contributed by atoms with Crippen LogP contribution in [0.1, 0.15) is 18.6 Å². The summed E-state index contributed by atoms with van der Waals surface area (Å²) in [6, 6.07) is 5.34. The Kier molecular flexibility index (Phi) is 5.20. The highest BCUT2D eigenvalue weighted by atomic mass is 16.6. The summed E-state index contributed by atoms with van der Waals surface area (Å²) in [5.41, 5.74) is 0.311. The molecular weight excluding hydrogens is 250 g/mol. The predicted octanol–water partition coefficient (Wildman–Crippen LogP) is 1.99. The van der Waals surface area contributed by atoms with Crippen molar-refractivity contribution in [2.24, 2.45) is 5.92 Å². The molecule has 0 radical (unpaired) electrons. The lowest BCUT2D eigenvalue weighted by atomic mass is 9.96. The van der Waals surface area contributed by atoms with Gasteiger partial charge in [-0.2, -0.15) is 0 Å². The Morgan fingerprint density at radius 3 is 2.53 bits per heavy atom. The smallest absolute Gasteiger partial charge is 0.315 e. The number of benzene rings is 1. The van der Waals surface area contributed by atoms with Crippen molar-refractivity contribution in [2.75, 3.05) is 6.61 Å². The molecule has 0 aliphatic carbocycles. The minimum atomic E-state index is -1.14. The number of carbonyl (C=O) groups excluding carboxylic acids is 1. The van der Waals surface area contributed by atoms with E-state index in [4.69, 9.17) is 4.74 Å². The van der Waals surface area contributed by atoms with E-state index in [9.17, 15) is 20.0 Å². The highest BCUT2D eigenvalue weighted by molar-refractivity contribution is 5.75. The molecule has 0 amide bonds. The molecule has 6 nitrogen and oxygen atoms in total. The molecule has 1 aromatic rings. The summed E-state index contributed by atoms with van der Waals surface area (Å²) >= 11 is 0. The second-order valence-corrected chi connectivity index (χ2v) is 3.81. The second kappa shape index (κ2) is 6.65. The van der Waals surface area contributed by atoms with Gasteiger partial charge in [0.15, 0.2) is 0 Å². The standard InChI is InChI=1S/C13H15NO5/c1-3-11(13(16)19-4-2)12(15)9-5-7-10(8-6-9)14(17)18/h3,5-8,11-12,15H,1,4H2,2H3/t11-,12+/m0/s1. The first-order chi connectivity index (χ1) is 9.01. The molecule has 2 atom stereocenters. The van der Waals surface area contributed by atoms with Crippen LogP contribution in [0.3, 0.4) is 0 Å². The summed E-state index contributed by atoms with van der Waals surface area (Å²) in [5.74, 6) is -1.48. The number of rotatable bonds is 6. The van der Waals surface area contributed by atoms with Crippen LogP contribution in [-0.4, -0.2) is 22.6 Å². The van der Waals surface area contributed by atoms with Crippen molar-refractivity contribution in [1.82, 2.24) is 0 Å². The van der Waals surface area contributed by atoms with Crippen molar-refractivity contribution >= 4 is 11.7 Å². The van der Waals surface area contributed by atoms with E-state index in [1.165, 1.54) is 30.3 Å². The number of carbonyl (C=O) groups is 1. The third kappa shape index (κ3) is 3.62. The molecule has 1 rings (SSSR count). The molecule has 0 saturated heterocycles. The van der Waals surface area contributed by atoms with Crippen molar-refractivity contribution in [1.29, 1.82) is 0 Å². The maximum atomic E-state index is 11.6. The zero-order valence-corrected chi connectivity index (χ0v) is 10.5. The molecule has 19 heavy (non-hydrogen) atoms. The zero-order chi connectivity index (χ0) is 14.4. The molecule has 6 heteroatoms. The molecule has 0 bridgehead atoms. The summed E-state index contributed by atoms with van der Waals surface area (Å²) in [5, 5.41) is 20.6. The Hall–Kier alpha value is -2.21. The van der Waals surface area contributed by atoms with Crippen LogP contribution >= 0.6 is 0 Å². The van der Waals surface area contributed by atoms with E-state index in [0.717, 1.165) is 0 Å². The average Bonchev–Trinajstić information content (AvgIpc) is 2.39. The van der Waals surface area contributed by atoms with Crippen molar-refractivity contribution in [3.63, 3.8) is 0 Å². The van der Waals surface area contributed by atoms with E-state index in [0.29, 0.717) is 5.56 Å². The summed E-state index contributed by atoms with van der Waals surface area (Å²) in [6.07, 6.45) is 0.154. The summed E-state index contributed by atoms with van der Waals surface area (Å²) in [4.78, 5) is 21.6. The molecule has 0 heterocycles. The molecule has 102 valence electrons. The Morgan fingerprint density at radius 2 is 2.11 bits per heavy atom. The largest absolute Gasteiger partial charge is 0.465 e. The number of hydrogen-bond acceptors (Lipinski definition) is 5. The summed E-state index contributed by atoms with van der Waals surface area (Å²) < 4.78 is 4.82. The normalized spacial score (nSPS) is 13.4. The third-order valence-corrected chi connectivity index (χ3v) is 2.60. The van der Waals surface area contributed by atoms with Crippen LogP contribution in [0.4, 0.5) is 5.69 Å². The van der Waals surface area contributed by atoms with E-state index in [1.54, 1.807) is 6.92 Å². The molecule has 0 saturated carbocycles. The van der Waals surface area contributed by atoms with Crippen LogP contribution in [0.5, 0.6) is 0 Å². The Bertz CT molecular complexity index is 468. The lowest BCUT2D eigenvalue weighted by Crippen LogP contribution is -2.22. The van der Waals surface area contributed by atoms with Gasteiger partial charge in [0.1, 0.15) is 5.92 Å². The van der Waals surface area contributed by atoms with Gasteiger partial charge >= 0.3 is 5.97 Å². The number of hydrogen-bond donors (Lipinski definition) is 1. The molecule has 0 aliphatic heterocycles. The molecule has 0 aromatic heterocycles. The van der Waals surface area contributed by atoms with Crippen LogP contribution in [0, 0.1) is 16.0 Å². The molecule has 0 unspecified atom stereocenters. The fraction of sp³-hybridized carbons (Fsp3) is 0.308. The predicted molar refractivity (Wildman–Crippen MR) is 68.4 cm³/mol. The van der Waals surface area contributed by atoms with E-state index in [-0.39, 0.29) is 12.3 Å². The fourth-order valence-corrected chi connectivity index (χ4v) is 1.59. The van der Waals surface area contributed by atoms with E-state index in [1.807, 2.05) is 0 Å². The topological polar surface area (TPSA) is 89.7 Å². The van der Waals surface area contributed by atoms with Gasteiger partial charge in [-0.3, -0.25) is 14.9 Å². The average molecular weight is 265 g/mol. The number of aliphatic hydroxyl groups excluding tert-OH is 1. The van der Waals surface area contributed by atoms with Crippen LogP contribution in [0.25, 0.3) is 0 Å². The molecular formula is C13H15NO5. The first-order valence-corrected chi connectivity index (χ1v) is 5.72. The molecule has 1 N–H and O–H groups in total. The Labute approximate surface area is 110 Å². The third-order valence-electron chi connectivity index (χ3n) is 2.60. The fourth-order valence-electron chi connectivity index (χ4n) is 1.59. The van der Waals surface area contributed by atoms with E-state index in [2.05, 4.69) is 6.58 Å². The highest BCUT2D eigenvalue weighted by Gasteiger charge is 2.26. The van der Waals surface area contributed by atoms with Crippen molar-refractivity contribution in [3.05, 3.63) is 52.6 Å². The highest BCUT2D eigenvalue weighted by Crippen LogP contribution is 2.25. The molecule has 0 aliphatic rings. The molecule has 1 aromatic carbocycles. The first kappa shape index (κ1) is 14.8. The summed E-state index contributed by atoms with van der Waals surface area (Å²) in [6.45, 7) is 5.36. The van der Waals surface area contributed by atoms with Crippen molar-refractivity contribution < 1.29 is 19.6 Å². The Balaban J connectivity index is 2.91. The van der Waals surface area contributed by atoms with Gasteiger partial charge in [-0.15, -0.1) is 6.58 Å². The van der Waals surface area contributed by atoms with Gasteiger partial charge in [0.05, 0.1) is 17.6 Å². The number of nitro groups is 1. The van der Waals surface area contributed by atoms with Crippen LogP contribution < -0.4 is 0 Å². The monoisotopic (exact) mass is 265 g/mol. The number of non-ortho nitro benzene ring substituents is 1. The van der Waals surface area contributed by atoms with E-state index >= 15 is 0 Å². The Morgan fingerprint density at radius 1 is 1.53 bits per heavy atom. The van der Waals surface area contributed by atoms with Crippen LogP contribution in [-0.2, 0) is 9.53 Å². The van der Waals surface area contributed by atoms with Crippen LogP contribution in [0.15, 0.2) is 36.9 Å². The quantitative estimate of drug-likeness (QED) is 0.367. The second-order valence-electron chi connectivity index (χ2n) is 3.81. The summed E-state index contributed by atoms with van der Waals surface area (Å²) in [7, 11) is 0. The van der Waals surface area contributed by atoms with Gasteiger partial charge in [-0.05, 0) is 24.6 Å². The van der Waals surface area contributed by atoms with Crippen LogP contribution in [0.2, 0.25) is 0 Å². The van der Waals surface area contributed by atoms with E-state index < -0.39 is 22.9 Å². The molecule has 0 fully saturated rings. The maximum Gasteiger partial charge on any atom is 0.315 e. The number of aliphatic hydroxyl groups is 1. The van der Waals surface area contributed by atoms with Gasteiger partial charge < -0.3 is 9.84 Å². The van der Waals surface area contributed by atoms with Gasteiger partial charge in [0, 0.05) is 12.1 Å². The van der Waals surface area contributed by atoms with Gasteiger partial charge in [-0.25, -0.2) is 0 Å². The zero-order valence-electron chi connectivity index (χ0n) is 10.5.